The summed E-state index contributed by atoms with van der Waals surface area (Å²) in [6, 6.07) is 10.4. The van der Waals surface area contributed by atoms with Crippen LogP contribution in [0.2, 0.25) is 0 Å². The number of fused-ring (bicyclic) bond motifs is 1. The fourth-order valence-corrected chi connectivity index (χ4v) is 2.66. The van der Waals surface area contributed by atoms with Gasteiger partial charge in [-0.3, -0.25) is 9.48 Å². The van der Waals surface area contributed by atoms with Gasteiger partial charge in [-0.25, -0.2) is 0 Å². The summed E-state index contributed by atoms with van der Waals surface area (Å²) in [5.41, 5.74) is 1.99. The highest BCUT2D eigenvalue weighted by Crippen LogP contribution is 2.30. The molecular weight excluding hydrogens is 349 g/mol. The van der Waals surface area contributed by atoms with E-state index in [1.54, 1.807) is 36.9 Å². The van der Waals surface area contributed by atoms with Crippen LogP contribution in [-0.2, 0) is 7.05 Å². The molecule has 0 saturated carbocycles. The fraction of sp³-hybridized carbons (Fsp3) is 0.222. The normalized spacial score (nSPS) is 12.8. The Hall–Kier alpha value is -3.03. The van der Waals surface area contributed by atoms with E-state index >= 15 is 0 Å². The number of nitrogens with zero attached hydrogens (tertiary/aromatic N) is 2. The van der Waals surface area contributed by atoms with E-state index < -0.39 is 12.5 Å². The second-order valence-corrected chi connectivity index (χ2v) is 5.68. The second-order valence-electron chi connectivity index (χ2n) is 5.68. The minimum absolute atomic E-state index is 0.317. The summed E-state index contributed by atoms with van der Waals surface area (Å²) >= 11 is 0. The smallest absolute Gasteiger partial charge is 0.484 e. The van der Waals surface area contributed by atoms with Crippen molar-refractivity contribution in [3.8, 4) is 11.5 Å². The van der Waals surface area contributed by atoms with Crippen LogP contribution in [0.4, 0.5) is 13.2 Å². The predicted molar refractivity (Wildman–Crippen MR) is 88.3 cm³/mol. The van der Waals surface area contributed by atoms with Crippen molar-refractivity contribution in [1.29, 1.82) is 0 Å². The molecule has 5 nitrogen and oxygen atoms in total. The first kappa shape index (κ1) is 17.8. The van der Waals surface area contributed by atoms with Crippen molar-refractivity contribution >= 4 is 17.2 Å². The van der Waals surface area contributed by atoms with E-state index in [0.717, 1.165) is 17.2 Å². The Balaban J connectivity index is 1.81. The van der Waals surface area contributed by atoms with Gasteiger partial charge in [-0.15, -0.1) is 13.2 Å². The summed E-state index contributed by atoms with van der Waals surface area (Å²) in [6.07, 6.45) is -4.42. The number of ether oxygens (including phenoxy) is 2. The molecule has 0 saturated heterocycles. The molecule has 3 aromatic rings. The Morgan fingerprint density at radius 3 is 2.38 bits per heavy atom. The first-order chi connectivity index (χ1) is 12.3. The van der Waals surface area contributed by atoms with Crippen molar-refractivity contribution < 1.29 is 27.4 Å². The Kier molecular flexibility index (Phi) is 4.58. The van der Waals surface area contributed by atoms with Gasteiger partial charge in [0.2, 0.25) is 0 Å². The maximum absolute atomic E-state index is 12.2. The SMILES string of the molecule is CC(Oc1ccc(OC(F)(F)F)cc1)c1nn(C)c2cc(C=O)ccc12. The van der Waals surface area contributed by atoms with Gasteiger partial charge in [-0.1, -0.05) is 12.1 Å². The molecular formula is C18H15F3N2O3. The van der Waals surface area contributed by atoms with Crippen LogP contribution in [0.15, 0.2) is 42.5 Å². The molecule has 26 heavy (non-hydrogen) atoms. The molecule has 136 valence electrons. The molecule has 0 spiro atoms. The number of benzene rings is 2. The van der Waals surface area contributed by atoms with Gasteiger partial charge in [0.25, 0.3) is 0 Å². The fourth-order valence-electron chi connectivity index (χ4n) is 2.66. The number of carbonyl (C=O) groups is 1. The lowest BCUT2D eigenvalue weighted by Gasteiger charge is -2.14. The molecule has 0 aliphatic rings. The lowest BCUT2D eigenvalue weighted by molar-refractivity contribution is -0.274. The third-order valence-electron chi connectivity index (χ3n) is 3.80. The van der Waals surface area contributed by atoms with Gasteiger partial charge in [0.05, 0.1) is 5.52 Å². The molecule has 8 heteroatoms. The van der Waals surface area contributed by atoms with Gasteiger partial charge in [-0.05, 0) is 37.3 Å². The molecule has 1 unspecified atom stereocenters. The van der Waals surface area contributed by atoms with E-state index in [2.05, 4.69) is 9.84 Å². The topological polar surface area (TPSA) is 53.4 Å². The Labute approximate surface area is 146 Å². The van der Waals surface area contributed by atoms with Crippen LogP contribution in [0, 0.1) is 0 Å². The molecule has 0 bridgehead atoms. The van der Waals surface area contributed by atoms with Crippen LogP contribution >= 0.6 is 0 Å². The molecule has 1 heterocycles. The molecule has 0 aliphatic carbocycles. The molecule has 0 fully saturated rings. The van der Waals surface area contributed by atoms with Crippen LogP contribution in [-0.4, -0.2) is 22.4 Å². The van der Waals surface area contributed by atoms with E-state index in [1.807, 2.05) is 0 Å². The van der Waals surface area contributed by atoms with E-state index in [9.17, 15) is 18.0 Å². The van der Waals surface area contributed by atoms with E-state index in [-0.39, 0.29) is 5.75 Å². The summed E-state index contributed by atoms with van der Waals surface area (Å²) in [5, 5.41) is 5.27. The maximum Gasteiger partial charge on any atom is 0.573 e. The van der Waals surface area contributed by atoms with Crippen LogP contribution in [0.1, 0.15) is 29.1 Å². The van der Waals surface area contributed by atoms with Gasteiger partial charge >= 0.3 is 6.36 Å². The molecule has 0 aliphatic heterocycles. The van der Waals surface area contributed by atoms with E-state index in [0.29, 0.717) is 17.0 Å². The highest BCUT2D eigenvalue weighted by Gasteiger charge is 2.31. The molecule has 1 atom stereocenters. The maximum atomic E-state index is 12.2. The number of rotatable bonds is 5. The van der Waals surface area contributed by atoms with Crippen molar-refractivity contribution in [3.63, 3.8) is 0 Å². The standard InChI is InChI=1S/C18H15F3N2O3/c1-11(25-13-4-6-14(7-5-13)26-18(19,20)21)17-15-8-3-12(10-24)9-16(15)23(2)22-17/h3-11H,1-2H3. The lowest BCUT2D eigenvalue weighted by atomic mass is 10.1. The molecule has 2 aromatic carbocycles. The number of halogens is 3. The number of carbonyl (C=O) groups excluding carboxylic acids is 1. The number of aromatic nitrogens is 2. The third-order valence-corrected chi connectivity index (χ3v) is 3.80. The molecule has 1 aromatic heterocycles. The van der Waals surface area contributed by atoms with Gasteiger partial charge in [0.1, 0.15) is 29.6 Å². The first-order valence-corrected chi connectivity index (χ1v) is 7.71. The average Bonchev–Trinajstić information content (AvgIpc) is 2.92. The highest BCUT2D eigenvalue weighted by atomic mass is 19.4. The zero-order valence-corrected chi connectivity index (χ0v) is 13.9. The quantitative estimate of drug-likeness (QED) is 0.629. The number of aryl methyl sites for hydroxylation is 1. The van der Waals surface area contributed by atoms with Gasteiger partial charge < -0.3 is 9.47 Å². The van der Waals surface area contributed by atoms with Crippen molar-refractivity contribution in [2.45, 2.75) is 19.4 Å². The summed E-state index contributed by atoms with van der Waals surface area (Å²) in [5.74, 6) is 0.0671. The molecule has 0 amide bonds. The summed E-state index contributed by atoms with van der Waals surface area (Å²) in [7, 11) is 1.76. The van der Waals surface area contributed by atoms with E-state index in [4.69, 9.17) is 4.74 Å². The number of hydrogen-bond donors (Lipinski definition) is 0. The largest absolute Gasteiger partial charge is 0.573 e. The van der Waals surface area contributed by atoms with Gasteiger partial charge in [-0.2, -0.15) is 5.10 Å². The van der Waals surface area contributed by atoms with Gasteiger partial charge in [0, 0.05) is 18.0 Å². The van der Waals surface area contributed by atoms with Crippen molar-refractivity contribution in [2.75, 3.05) is 0 Å². The lowest BCUT2D eigenvalue weighted by Crippen LogP contribution is -2.17. The molecule has 3 rings (SSSR count). The summed E-state index contributed by atoms with van der Waals surface area (Å²) in [4.78, 5) is 10.9. The second kappa shape index (κ2) is 6.70. The minimum Gasteiger partial charge on any atom is -0.484 e. The van der Waals surface area contributed by atoms with Crippen molar-refractivity contribution in [2.24, 2.45) is 7.05 Å². The average molecular weight is 364 g/mol. The predicted octanol–water partition coefficient (Wildman–Crippen LogP) is 4.42. The third kappa shape index (κ3) is 3.79. The monoisotopic (exact) mass is 364 g/mol. The van der Waals surface area contributed by atoms with Crippen LogP contribution in [0.25, 0.3) is 10.9 Å². The zero-order chi connectivity index (χ0) is 18.9. The van der Waals surface area contributed by atoms with Crippen molar-refractivity contribution in [1.82, 2.24) is 9.78 Å². The number of hydrogen-bond acceptors (Lipinski definition) is 4. The van der Waals surface area contributed by atoms with Crippen molar-refractivity contribution in [3.05, 3.63) is 53.7 Å². The minimum atomic E-state index is -4.73. The van der Waals surface area contributed by atoms with Crippen LogP contribution in [0.5, 0.6) is 11.5 Å². The molecule has 0 N–H and O–H groups in total. The Bertz CT molecular complexity index is 933. The summed E-state index contributed by atoms with van der Waals surface area (Å²) < 4.78 is 47.8. The van der Waals surface area contributed by atoms with Crippen LogP contribution in [0.3, 0.4) is 0 Å². The molecule has 0 radical (unpaired) electrons. The number of aldehydes is 1. The van der Waals surface area contributed by atoms with E-state index in [1.165, 1.54) is 24.3 Å². The van der Waals surface area contributed by atoms with Gasteiger partial charge in [0.15, 0.2) is 0 Å². The Morgan fingerprint density at radius 2 is 1.77 bits per heavy atom. The number of alkyl halides is 3. The van der Waals surface area contributed by atoms with Crippen LogP contribution < -0.4 is 9.47 Å². The Morgan fingerprint density at radius 1 is 1.12 bits per heavy atom. The first-order valence-electron chi connectivity index (χ1n) is 7.71. The summed E-state index contributed by atoms with van der Waals surface area (Å²) in [6.45, 7) is 1.79. The highest BCUT2D eigenvalue weighted by molar-refractivity contribution is 5.88. The zero-order valence-electron chi connectivity index (χ0n) is 13.9.